The first-order valence-corrected chi connectivity index (χ1v) is 2.60. The fraction of sp³-hybridized carbons (Fsp3) is 0.200. The molecule has 0 amide bonds. The van der Waals surface area contributed by atoms with Gasteiger partial charge in [0.25, 0.3) is 5.35 Å². The van der Waals surface area contributed by atoms with Gasteiger partial charge in [0.05, 0.1) is 6.20 Å². The summed E-state index contributed by atoms with van der Waals surface area (Å²) in [5, 5.41) is 0.184. The molecule has 1 aromatic rings. The fourth-order valence-corrected chi connectivity index (χ4v) is 0.547. The fourth-order valence-electron chi connectivity index (χ4n) is 0.399. The average molecular weight is 131 g/mol. The van der Waals surface area contributed by atoms with Crippen molar-refractivity contribution in [2.24, 2.45) is 0 Å². The topological polar surface area (TPSA) is 26.0 Å². The van der Waals surface area contributed by atoms with Crippen LogP contribution in [-0.2, 0) is 6.42 Å². The minimum Gasteiger partial charge on any atom is -0.433 e. The molecule has 0 atom stereocenters. The molecule has 0 fully saturated rings. The summed E-state index contributed by atoms with van der Waals surface area (Å²) in [6.45, 7) is 3.58. The lowest BCUT2D eigenvalue weighted by Crippen LogP contribution is -1.68. The van der Waals surface area contributed by atoms with Crippen molar-refractivity contribution in [2.45, 2.75) is 6.42 Å². The van der Waals surface area contributed by atoms with E-state index in [2.05, 4.69) is 11.9 Å². The SMILES string of the molecule is [CH2]Cc1cnc(Cl)o1. The zero-order chi connectivity index (χ0) is 5.98. The van der Waals surface area contributed by atoms with Crippen LogP contribution in [0.5, 0.6) is 0 Å². The number of rotatable bonds is 1. The van der Waals surface area contributed by atoms with Crippen LogP contribution >= 0.6 is 11.6 Å². The Labute approximate surface area is 52.5 Å². The van der Waals surface area contributed by atoms with E-state index in [0.717, 1.165) is 5.76 Å². The van der Waals surface area contributed by atoms with Gasteiger partial charge in [0.15, 0.2) is 0 Å². The second kappa shape index (κ2) is 2.18. The molecule has 0 aliphatic heterocycles. The molecule has 1 radical (unpaired) electrons. The summed E-state index contributed by atoms with van der Waals surface area (Å²) in [5.74, 6) is 0.718. The highest BCUT2D eigenvalue weighted by Gasteiger charge is 1.94. The lowest BCUT2D eigenvalue weighted by molar-refractivity contribution is 0.518. The number of oxazole rings is 1. The molecule has 3 heteroatoms. The van der Waals surface area contributed by atoms with Gasteiger partial charge in [-0.15, -0.1) is 0 Å². The van der Waals surface area contributed by atoms with Gasteiger partial charge in [0.2, 0.25) is 0 Å². The van der Waals surface area contributed by atoms with Crippen molar-refractivity contribution in [1.29, 1.82) is 0 Å². The van der Waals surface area contributed by atoms with E-state index in [1.54, 1.807) is 6.20 Å². The molecule has 1 rings (SSSR count). The second-order valence-corrected chi connectivity index (χ2v) is 1.65. The maximum absolute atomic E-state index is 5.33. The second-order valence-electron chi connectivity index (χ2n) is 1.33. The summed E-state index contributed by atoms with van der Waals surface area (Å²) in [4.78, 5) is 3.65. The molecule has 1 aromatic heterocycles. The first kappa shape index (κ1) is 5.63. The van der Waals surface area contributed by atoms with Gasteiger partial charge in [0, 0.05) is 6.42 Å². The first-order chi connectivity index (χ1) is 3.83. The van der Waals surface area contributed by atoms with Crippen molar-refractivity contribution in [1.82, 2.24) is 4.98 Å². The number of nitrogens with zero attached hydrogens (tertiary/aromatic N) is 1. The van der Waals surface area contributed by atoms with E-state index >= 15 is 0 Å². The van der Waals surface area contributed by atoms with E-state index in [0.29, 0.717) is 6.42 Å². The minimum atomic E-state index is 0.184. The van der Waals surface area contributed by atoms with Crippen molar-refractivity contribution in [3.8, 4) is 0 Å². The van der Waals surface area contributed by atoms with Crippen LogP contribution in [-0.4, -0.2) is 4.98 Å². The highest BCUT2D eigenvalue weighted by molar-refractivity contribution is 6.27. The molecular formula is C5H5ClNO. The normalized spacial score (nSPS) is 9.75. The van der Waals surface area contributed by atoms with E-state index in [1.807, 2.05) is 0 Å². The Bertz CT molecular complexity index is 173. The molecule has 1 heterocycles. The molecule has 0 saturated heterocycles. The van der Waals surface area contributed by atoms with Crippen molar-refractivity contribution in [3.63, 3.8) is 0 Å². The van der Waals surface area contributed by atoms with Crippen LogP contribution in [0.15, 0.2) is 10.6 Å². The van der Waals surface area contributed by atoms with Gasteiger partial charge in [0.1, 0.15) is 5.76 Å². The molecule has 0 bridgehead atoms. The van der Waals surface area contributed by atoms with E-state index in [-0.39, 0.29) is 5.35 Å². The van der Waals surface area contributed by atoms with Crippen molar-refractivity contribution >= 4 is 11.6 Å². The van der Waals surface area contributed by atoms with Crippen LogP contribution in [0.1, 0.15) is 5.76 Å². The Morgan fingerprint density at radius 1 is 1.88 bits per heavy atom. The molecule has 0 aliphatic rings. The third-order valence-corrected chi connectivity index (χ3v) is 0.946. The highest BCUT2D eigenvalue weighted by atomic mass is 35.5. The van der Waals surface area contributed by atoms with E-state index in [9.17, 15) is 0 Å². The molecule has 0 N–H and O–H groups in total. The van der Waals surface area contributed by atoms with Crippen molar-refractivity contribution in [3.05, 3.63) is 24.2 Å². The van der Waals surface area contributed by atoms with Gasteiger partial charge >= 0.3 is 0 Å². The van der Waals surface area contributed by atoms with Gasteiger partial charge in [-0.2, -0.15) is 0 Å². The summed E-state index contributed by atoms with van der Waals surface area (Å²) in [6.07, 6.45) is 2.16. The Morgan fingerprint density at radius 3 is 2.88 bits per heavy atom. The Balaban J connectivity index is 2.84. The molecule has 0 unspecified atom stereocenters. The standard InChI is InChI=1S/C5H5ClNO/c1-2-4-3-7-5(6)8-4/h3H,1-2H2. The van der Waals surface area contributed by atoms with Gasteiger partial charge in [-0.1, -0.05) is 0 Å². The Hall–Kier alpha value is -0.500. The first-order valence-electron chi connectivity index (χ1n) is 2.22. The average Bonchev–Trinajstić information content (AvgIpc) is 2.14. The zero-order valence-electron chi connectivity index (χ0n) is 4.22. The molecular weight excluding hydrogens is 126 g/mol. The minimum absolute atomic E-state index is 0.184. The van der Waals surface area contributed by atoms with Crippen LogP contribution in [0.3, 0.4) is 0 Å². The summed E-state index contributed by atoms with van der Waals surface area (Å²) in [5.41, 5.74) is 0. The quantitative estimate of drug-likeness (QED) is 0.579. The summed E-state index contributed by atoms with van der Waals surface area (Å²) in [6, 6.07) is 0. The van der Waals surface area contributed by atoms with E-state index < -0.39 is 0 Å². The summed E-state index contributed by atoms with van der Waals surface area (Å²) < 4.78 is 4.82. The molecule has 0 spiro atoms. The van der Waals surface area contributed by atoms with Crippen LogP contribution in [0.4, 0.5) is 0 Å². The monoisotopic (exact) mass is 130 g/mol. The van der Waals surface area contributed by atoms with Gasteiger partial charge < -0.3 is 4.42 Å². The van der Waals surface area contributed by atoms with Crippen LogP contribution in [0, 0.1) is 6.92 Å². The zero-order valence-corrected chi connectivity index (χ0v) is 4.98. The Kier molecular flexibility index (Phi) is 1.53. The van der Waals surface area contributed by atoms with Gasteiger partial charge in [-0.3, -0.25) is 0 Å². The molecule has 0 aromatic carbocycles. The summed E-state index contributed by atoms with van der Waals surface area (Å²) in [7, 11) is 0. The van der Waals surface area contributed by atoms with E-state index in [1.165, 1.54) is 0 Å². The van der Waals surface area contributed by atoms with Crippen molar-refractivity contribution < 1.29 is 4.42 Å². The van der Waals surface area contributed by atoms with Crippen LogP contribution in [0.2, 0.25) is 5.35 Å². The molecule has 2 nitrogen and oxygen atoms in total. The highest BCUT2D eigenvalue weighted by Crippen LogP contribution is 2.07. The third-order valence-electron chi connectivity index (χ3n) is 0.772. The number of halogens is 1. The molecule has 43 valence electrons. The smallest absolute Gasteiger partial charge is 0.292 e. The van der Waals surface area contributed by atoms with Gasteiger partial charge in [-0.25, -0.2) is 4.98 Å². The molecule has 8 heavy (non-hydrogen) atoms. The number of hydrogen-bond donors (Lipinski definition) is 0. The van der Waals surface area contributed by atoms with Crippen LogP contribution in [0.25, 0.3) is 0 Å². The predicted octanol–water partition coefficient (Wildman–Crippen LogP) is 1.70. The molecule has 0 saturated carbocycles. The van der Waals surface area contributed by atoms with Crippen molar-refractivity contribution in [2.75, 3.05) is 0 Å². The maximum atomic E-state index is 5.33. The number of aromatic nitrogens is 1. The van der Waals surface area contributed by atoms with Crippen LogP contribution < -0.4 is 0 Å². The lowest BCUT2D eigenvalue weighted by atomic mass is 10.4. The Morgan fingerprint density at radius 2 is 2.62 bits per heavy atom. The van der Waals surface area contributed by atoms with E-state index in [4.69, 9.17) is 16.0 Å². The lowest BCUT2D eigenvalue weighted by Gasteiger charge is -1.79. The predicted molar refractivity (Wildman–Crippen MR) is 30.6 cm³/mol. The third kappa shape index (κ3) is 1.01. The largest absolute Gasteiger partial charge is 0.433 e. The molecule has 0 aliphatic carbocycles. The summed E-state index contributed by atoms with van der Waals surface area (Å²) >= 11 is 5.33. The maximum Gasteiger partial charge on any atom is 0.292 e. The van der Waals surface area contributed by atoms with Gasteiger partial charge in [-0.05, 0) is 18.5 Å². The number of hydrogen-bond acceptors (Lipinski definition) is 2.